The van der Waals surface area contributed by atoms with Gasteiger partial charge in [-0.25, -0.2) is 4.79 Å². The number of nitrogens with one attached hydrogen (secondary N) is 3. The molecule has 178 valence electrons. The summed E-state index contributed by atoms with van der Waals surface area (Å²) in [5.41, 5.74) is 6.73. The second-order valence-electron chi connectivity index (χ2n) is 8.15. The predicted molar refractivity (Wildman–Crippen MR) is 122 cm³/mol. The molecule has 0 bridgehead atoms. The van der Waals surface area contributed by atoms with Crippen LogP contribution in [-0.2, 0) is 25.6 Å². The maximum Gasteiger partial charge on any atom is 0.326 e. The van der Waals surface area contributed by atoms with Gasteiger partial charge in [0.1, 0.15) is 12.1 Å². The van der Waals surface area contributed by atoms with Crippen molar-refractivity contribution < 1.29 is 24.3 Å². The number of hydrogen-bond acceptors (Lipinski definition) is 5. The van der Waals surface area contributed by atoms with Gasteiger partial charge >= 0.3 is 5.97 Å². The van der Waals surface area contributed by atoms with E-state index in [4.69, 9.17) is 5.73 Å². The molecule has 0 saturated carbocycles. The molecule has 0 aliphatic carbocycles. The van der Waals surface area contributed by atoms with E-state index < -0.39 is 48.4 Å². The number of carboxylic acid groups (broad SMARTS) is 1. The molecular weight excluding hydrogens is 412 g/mol. The number of rotatable bonds is 13. The summed E-state index contributed by atoms with van der Waals surface area (Å²) in [6.45, 7) is 7.09. The molecule has 0 saturated heterocycles. The van der Waals surface area contributed by atoms with Crippen LogP contribution in [0.5, 0.6) is 0 Å². The third-order valence-electron chi connectivity index (χ3n) is 5.69. The van der Waals surface area contributed by atoms with Crippen LogP contribution in [0.25, 0.3) is 0 Å². The molecule has 9 nitrogen and oxygen atoms in total. The molecular formula is C23H36N4O5. The molecule has 9 heteroatoms. The Morgan fingerprint density at radius 3 is 2.06 bits per heavy atom. The first kappa shape index (κ1) is 27.1. The van der Waals surface area contributed by atoms with Gasteiger partial charge < -0.3 is 26.8 Å². The molecule has 0 aliphatic heterocycles. The van der Waals surface area contributed by atoms with E-state index in [1.807, 2.05) is 33.8 Å². The molecule has 0 fully saturated rings. The van der Waals surface area contributed by atoms with Crippen LogP contribution >= 0.6 is 0 Å². The van der Waals surface area contributed by atoms with E-state index in [0.717, 1.165) is 12.0 Å². The Kier molecular flexibility index (Phi) is 11.4. The number of amides is 3. The van der Waals surface area contributed by atoms with E-state index in [0.29, 0.717) is 6.42 Å². The van der Waals surface area contributed by atoms with Crippen LogP contribution in [0.2, 0.25) is 0 Å². The molecule has 0 radical (unpaired) electrons. The van der Waals surface area contributed by atoms with E-state index >= 15 is 0 Å². The van der Waals surface area contributed by atoms with Crippen molar-refractivity contribution >= 4 is 23.7 Å². The van der Waals surface area contributed by atoms with Crippen molar-refractivity contribution in [3.8, 4) is 0 Å². The Balaban J connectivity index is 2.70. The van der Waals surface area contributed by atoms with Crippen molar-refractivity contribution in [1.29, 1.82) is 0 Å². The van der Waals surface area contributed by atoms with Crippen LogP contribution in [-0.4, -0.2) is 53.5 Å². The minimum Gasteiger partial charge on any atom is -0.480 e. The van der Waals surface area contributed by atoms with E-state index in [1.165, 1.54) is 0 Å². The van der Waals surface area contributed by atoms with Crippen molar-refractivity contribution in [2.24, 2.45) is 17.6 Å². The van der Waals surface area contributed by atoms with Crippen LogP contribution in [0.1, 0.15) is 46.1 Å². The van der Waals surface area contributed by atoms with Crippen LogP contribution < -0.4 is 21.7 Å². The minimum absolute atomic E-state index is 0.0426. The quantitative estimate of drug-likeness (QED) is 0.301. The fourth-order valence-corrected chi connectivity index (χ4v) is 3.04. The average molecular weight is 449 g/mol. The summed E-state index contributed by atoms with van der Waals surface area (Å²) < 4.78 is 0. The SMILES string of the molecule is CCC(C)C(N)C(=O)NC(C(=O)NCC(=O)NC(Cc1ccccc1)C(=O)O)C(C)CC. The zero-order valence-electron chi connectivity index (χ0n) is 19.3. The molecule has 0 spiro atoms. The van der Waals surface area contributed by atoms with Crippen molar-refractivity contribution in [3.05, 3.63) is 35.9 Å². The normalized spacial score (nSPS) is 15.5. The van der Waals surface area contributed by atoms with Gasteiger partial charge in [-0.3, -0.25) is 14.4 Å². The fraction of sp³-hybridized carbons (Fsp3) is 0.565. The highest BCUT2D eigenvalue weighted by Crippen LogP contribution is 2.11. The van der Waals surface area contributed by atoms with Crippen LogP contribution in [0.15, 0.2) is 30.3 Å². The third-order valence-corrected chi connectivity index (χ3v) is 5.69. The predicted octanol–water partition coefficient (Wildman–Crippen LogP) is 0.819. The lowest BCUT2D eigenvalue weighted by Gasteiger charge is -2.26. The lowest BCUT2D eigenvalue weighted by atomic mass is 9.95. The molecule has 1 aromatic rings. The van der Waals surface area contributed by atoms with Crippen LogP contribution in [0.3, 0.4) is 0 Å². The first-order chi connectivity index (χ1) is 15.1. The number of hydrogen-bond donors (Lipinski definition) is 5. The molecule has 32 heavy (non-hydrogen) atoms. The largest absolute Gasteiger partial charge is 0.480 e. The number of carbonyl (C=O) groups excluding carboxylic acids is 3. The van der Waals surface area contributed by atoms with Gasteiger partial charge in [-0.1, -0.05) is 70.9 Å². The lowest BCUT2D eigenvalue weighted by molar-refractivity contribution is -0.141. The molecule has 3 amide bonds. The Bertz CT molecular complexity index is 771. The van der Waals surface area contributed by atoms with Crippen LogP contribution in [0.4, 0.5) is 0 Å². The second-order valence-corrected chi connectivity index (χ2v) is 8.15. The smallest absolute Gasteiger partial charge is 0.326 e. The highest BCUT2D eigenvalue weighted by molar-refractivity contribution is 5.92. The minimum atomic E-state index is -1.17. The summed E-state index contributed by atoms with van der Waals surface area (Å²) in [5, 5.41) is 17.0. The highest BCUT2D eigenvalue weighted by atomic mass is 16.4. The maximum atomic E-state index is 12.7. The van der Waals surface area contributed by atoms with Crippen molar-refractivity contribution in [2.45, 2.75) is 65.1 Å². The summed E-state index contributed by atoms with van der Waals surface area (Å²) in [7, 11) is 0. The summed E-state index contributed by atoms with van der Waals surface area (Å²) in [6, 6.07) is 6.21. The standard InChI is InChI=1S/C23H36N4O5/c1-5-14(3)19(24)21(29)27-20(15(4)6-2)22(30)25-13-18(28)26-17(23(31)32)12-16-10-8-7-9-11-16/h7-11,14-15,17,19-20H,5-6,12-13,24H2,1-4H3,(H,25,30)(H,26,28)(H,27,29)(H,31,32). The van der Waals surface area contributed by atoms with Gasteiger partial charge in [0.25, 0.3) is 0 Å². The van der Waals surface area contributed by atoms with Crippen molar-refractivity contribution in [2.75, 3.05) is 6.54 Å². The van der Waals surface area contributed by atoms with E-state index in [-0.39, 0.29) is 18.3 Å². The molecule has 1 aromatic carbocycles. The van der Waals surface area contributed by atoms with Gasteiger partial charge in [0.2, 0.25) is 17.7 Å². The van der Waals surface area contributed by atoms with Crippen LogP contribution in [0, 0.1) is 11.8 Å². The first-order valence-corrected chi connectivity index (χ1v) is 11.0. The van der Waals surface area contributed by atoms with Crippen molar-refractivity contribution in [1.82, 2.24) is 16.0 Å². The average Bonchev–Trinajstić information content (AvgIpc) is 2.79. The zero-order chi connectivity index (χ0) is 24.3. The Morgan fingerprint density at radius 2 is 1.53 bits per heavy atom. The molecule has 0 heterocycles. The number of aliphatic carboxylic acids is 1. The first-order valence-electron chi connectivity index (χ1n) is 11.0. The molecule has 0 aromatic heterocycles. The number of nitrogens with two attached hydrogens (primary N) is 1. The Morgan fingerprint density at radius 1 is 0.938 bits per heavy atom. The number of carbonyl (C=O) groups is 4. The second kappa shape index (κ2) is 13.5. The van der Waals surface area contributed by atoms with E-state index in [1.54, 1.807) is 24.3 Å². The Hall–Kier alpha value is -2.94. The Labute approximate surface area is 189 Å². The fourth-order valence-electron chi connectivity index (χ4n) is 3.04. The summed E-state index contributed by atoms with van der Waals surface area (Å²) in [5.74, 6) is -2.97. The number of carboxylic acids is 1. The van der Waals surface area contributed by atoms with Gasteiger partial charge in [0.05, 0.1) is 12.6 Å². The molecule has 0 aliphatic rings. The topological polar surface area (TPSA) is 151 Å². The van der Waals surface area contributed by atoms with Gasteiger partial charge in [0, 0.05) is 6.42 Å². The van der Waals surface area contributed by atoms with Gasteiger partial charge in [-0.05, 0) is 17.4 Å². The van der Waals surface area contributed by atoms with Crippen molar-refractivity contribution in [3.63, 3.8) is 0 Å². The van der Waals surface area contributed by atoms with E-state index in [9.17, 15) is 24.3 Å². The molecule has 6 N–H and O–H groups in total. The van der Waals surface area contributed by atoms with Gasteiger partial charge in [-0.15, -0.1) is 0 Å². The number of benzene rings is 1. The van der Waals surface area contributed by atoms with E-state index in [2.05, 4.69) is 16.0 Å². The monoisotopic (exact) mass is 448 g/mol. The zero-order valence-corrected chi connectivity index (χ0v) is 19.3. The highest BCUT2D eigenvalue weighted by Gasteiger charge is 2.30. The molecule has 1 rings (SSSR count). The van der Waals surface area contributed by atoms with Gasteiger partial charge in [-0.2, -0.15) is 0 Å². The maximum absolute atomic E-state index is 12.7. The summed E-state index contributed by atoms with van der Waals surface area (Å²) in [6.07, 6.45) is 1.47. The lowest BCUT2D eigenvalue weighted by Crippen LogP contribution is -2.56. The summed E-state index contributed by atoms with van der Waals surface area (Å²) >= 11 is 0. The van der Waals surface area contributed by atoms with Gasteiger partial charge in [0.15, 0.2) is 0 Å². The molecule has 5 atom stereocenters. The third kappa shape index (κ3) is 8.66. The molecule has 5 unspecified atom stereocenters. The summed E-state index contributed by atoms with van der Waals surface area (Å²) in [4.78, 5) is 48.9.